The van der Waals surface area contributed by atoms with Gasteiger partial charge in [-0.25, -0.2) is 0 Å². The average Bonchev–Trinajstić information content (AvgIpc) is 3.04. The van der Waals surface area contributed by atoms with Gasteiger partial charge < -0.3 is 14.9 Å². The molecule has 1 amide bonds. The van der Waals surface area contributed by atoms with Crippen molar-refractivity contribution in [2.75, 3.05) is 39.3 Å². The van der Waals surface area contributed by atoms with E-state index < -0.39 is 17.6 Å². The second-order valence-corrected chi connectivity index (χ2v) is 7.32. The number of piperidine rings is 1. The van der Waals surface area contributed by atoms with E-state index in [0.717, 1.165) is 38.5 Å². The van der Waals surface area contributed by atoms with Gasteiger partial charge in [0.15, 0.2) is 0 Å². The summed E-state index contributed by atoms with van der Waals surface area (Å²) in [6, 6.07) is 4.92. The van der Waals surface area contributed by atoms with E-state index in [1.165, 1.54) is 29.5 Å². The molecule has 3 rings (SSSR count). The molecule has 0 unspecified atom stereocenters. The van der Waals surface area contributed by atoms with Gasteiger partial charge in [-0.2, -0.15) is 13.2 Å². The van der Waals surface area contributed by atoms with Gasteiger partial charge in [-0.15, -0.1) is 0 Å². The second kappa shape index (κ2) is 7.96. The summed E-state index contributed by atoms with van der Waals surface area (Å²) in [5.74, 6) is -0.587. The highest BCUT2D eigenvalue weighted by Crippen LogP contribution is 2.34. The van der Waals surface area contributed by atoms with E-state index in [9.17, 15) is 23.1 Å². The zero-order valence-electron chi connectivity index (χ0n) is 14.7. The van der Waals surface area contributed by atoms with E-state index in [1.807, 2.05) is 0 Å². The quantitative estimate of drug-likeness (QED) is 0.886. The second-order valence-electron chi connectivity index (χ2n) is 7.32. The summed E-state index contributed by atoms with van der Waals surface area (Å²) in [7, 11) is 0. The molecular weight excluding hydrogens is 345 g/mol. The van der Waals surface area contributed by atoms with Crippen LogP contribution in [0.15, 0.2) is 24.3 Å². The highest BCUT2D eigenvalue weighted by atomic mass is 19.4. The van der Waals surface area contributed by atoms with Crippen molar-refractivity contribution in [2.45, 2.75) is 25.4 Å². The molecule has 4 nitrogen and oxygen atoms in total. The standard InChI is InChI=1S/C19H25F3N2O2/c20-19(21,22)17-7-3-2-6-16(17)18(26)24-11-14(15(12-24)13-25)10-23-8-4-1-5-9-23/h2-3,6-7,14-15,25H,1,4-5,8-13H2/t14-,15-/m0/s1. The third kappa shape index (κ3) is 4.20. The smallest absolute Gasteiger partial charge is 0.396 e. The minimum absolute atomic E-state index is 0.0524. The molecule has 1 aromatic rings. The van der Waals surface area contributed by atoms with Crippen LogP contribution >= 0.6 is 0 Å². The van der Waals surface area contributed by atoms with Crippen molar-refractivity contribution in [3.05, 3.63) is 35.4 Å². The molecule has 7 heteroatoms. The first-order valence-electron chi connectivity index (χ1n) is 9.19. The third-order valence-corrected chi connectivity index (χ3v) is 5.50. The number of halogens is 3. The fourth-order valence-corrected chi connectivity index (χ4v) is 4.08. The third-order valence-electron chi connectivity index (χ3n) is 5.50. The van der Waals surface area contributed by atoms with Crippen molar-refractivity contribution in [3.63, 3.8) is 0 Å². The van der Waals surface area contributed by atoms with Crippen LogP contribution in [0.5, 0.6) is 0 Å². The van der Waals surface area contributed by atoms with Crippen molar-refractivity contribution in [2.24, 2.45) is 11.8 Å². The molecule has 0 bridgehead atoms. The molecule has 0 radical (unpaired) electrons. The van der Waals surface area contributed by atoms with Gasteiger partial charge in [0.05, 0.1) is 11.1 Å². The Morgan fingerprint density at radius 1 is 1.08 bits per heavy atom. The van der Waals surface area contributed by atoms with E-state index in [1.54, 1.807) is 0 Å². The van der Waals surface area contributed by atoms with Gasteiger partial charge in [0.1, 0.15) is 0 Å². The van der Waals surface area contributed by atoms with Crippen molar-refractivity contribution in [3.8, 4) is 0 Å². The summed E-state index contributed by atoms with van der Waals surface area (Å²) >= 11 is 0. The molecule has 0 aliphatic carbocycles. The Hall–Kier alpha value is -1.60. The predicted molar refractivity (Wildman–Crippen MR) is 91.7 cm³/mol. The molecule has 144 valence electrons. The number of aliphatic hydroxyl groups excluding tert-OH is 1. The Morgan fingerprint density at radius 2 is 1.73 bits per heavy atom. The summed E-state index contributed by atoms with van der Waals surface area (Å²) in [4.78, 5) is 16.6. The zero-order chi connectivity index (χ0) is 18.7. The Bertz CT molecular complexity index is 629. The molecule has 0 saturated carbocycles. The molecule has 0 spiro atoms. The minimum Gasteiger partial charge on any atom is -0.396 e. The van der Waals surface area contributed by atoms with Gasteiger partial charge in [-0.05, 0) is 44.0 Å². The molecule has 2 heterocycles. The van der Waals surface area contributed by atoms with Crippen molar-refractivity contribution >= 4 is 5.91 Å². The number of aliphatic hydroxyl groups is 1. The maximum absolute atomic E-state index is 13.2. The topological polar surface area (TPSA) is 43.8 Å². The van der Waals surface area contributed by atoms with Crippen LogP contribution in [0.1, 0.15) is 35.2 Å². The van der Waals surface area contributed by atoms with Crippen molar-refractivity contribution in [1.82, 2.24) is 9.80 Å². The van der Waals surface area contributed by atoms with Crippen LogP contribution in [0, 0.1) is 11.8 Å². The molecule has 2 fully saturated rings. The van der Waals surface area contributed by atoms with Gasteiger partial charge in [-0.1, -0.05) is 18.6 Å². The number of likely N-dealkylation sites (tertiary alicyclic amines) is 2. The number of carbonyl (C=O) groups excluding carboxylic acids is 1. The number of amides is 1. The summed E-state index contributed by atoms with van der Waals surface area (Å²) in [6.45, 7) is 3.46. The Labute approximate surface area is 151 Å². The number of hydrogen-bond donors (Lipinski definition) is 1. The lowest BCUT2D eigenvalue weighted by Crippen LogP contribution is -2.37. The molecule has 26 heavy (non-hydrogen) atoms. The number of carbonyl (C=O) groups is 1. The number of benzene rings is 1. The fourth-order valence-electron chi connectivity index (χ4n) is 4.08. The Morgan fingerprint density at radius 3 is 2.38 bits per heavy atom. The van der Waals surface area contributed by atoms with Gasteiger partial charge in [0, 0.05) is 32.2 Å². The zero-order valence-corrected chi connectivity index (χ0v) is 14.7. The molecule has 0 aromatic heterocycles. The lowest BCUT2D eigenvalue weighted by Gasteiger charge is -2.30. The average molecular weight is 370 g/mol. The van der Waals surface area contributed by atoms with Crippen molar-refractivity contribution in [1.29, 1.82) is 0 Å². The Kier molecular flexibility index (Phi) is 5.87. The van der Waals surface area contributed by atoms with E-state index in [0.29, 0.717) is 13.1 Å². The van der Waals surface area contributed by atoms with Gasteiger partial charge in [0.25, 0.3) is 5.91 Å². The van der Waals surface area contributed by atoms with Crippen molar-refractivity contribution < 1.29 is 23.1 Å². The highest BCUT2D eigenvalue weighted by molar-refractivity contribution is 5.96. The molecule has 2 atom stereocenters. The first-order valence-corrected chi connectivity index (χ1v) is 9.19. The maximum atomic E-state index is 13.2. The van der Waals surface area contributed by atoms with Crippen LogP contribution in [0.25, 0.3) is 0 Å². The predicted octanol–water partition coefficient (Wildman–Crippen LogP) is 2.87. The fraction of sp³-hybridized carbons (Fsp3) is 0.632. The molecule has 1 aromatic carbocycles. The highest BCUT2D eigenvalue weighted by Gasteiger charge is 2.40. The molecule has 2 aliphatic heterocycles. The number of rotatable bonds is 4. The van der Waals surface area contributed by atoms with E-state index in [2.05, 4.69) is 4.90 Å². The first-order chi connectivity index (χ1) is 12.4. The normalized spacial score (nSPS) is 24.8. The molecular formula is C19H25F3N2O2. The SMILES string of the molecule is O=C(c1ccccc1C(F)(F)F)N1C[C@@H](CO)[C@@H](CN2CCCCC2)C1. The molecule has 2 aliphatic rings. The minimum atomic E-state index is -4.56. The van der Waals surface area contributed by atoms with Crippen LogP contribution in [0.3, 0.4) is 0 Å². The summed E-state index contributed by atoms with van der Waals surface area (Å²) < 4.78 is 39.6. The summed E-state index contributed by atoms with van der Waals surface area (Å²) in [6.07, 6.45) is -1.03. The lowest BCUT2D eigenvalue weighted by atomic mass is 9.95. The lowest BCUT2D eigenvalue weighted by molar-refractivity contribution is -0.138. The maximum Gasteiger partial charge on any atom is 0.417 e. The summed E-state index contributed by atoms with van der Waals surface area (Å²) in [5.41, 5.74) is -1.21. The van der Waals surface area contributed by atoms with E-state index in [4.69, 9.17) is 0 Å². The van der Waals surface area contributed by atoms with E-state index >= 15 is 0 Å². The van der Waals surface area contributed by atoms with Gasteiger partial charge in [0.2, 0.25) is 0 Å². The van der Waals surface area contributed by atoms with Crippen LogP contribution in [0.4, 0.5) is 13.2 Å². The van der Waals surface area contributed by atoms with Crippen LogP contribution in [-0.4, -0.2) is 60.1 Å². The Balaban J connectivity index is 1.73. The number of alkyl halides is 3. The summed E-state index contributed by atoms with van der Waals surface area (Å²) in [5, 5.41) is 9.68. The van der Waals surface area contributed by atoms with Crippen LogP contribution in [0.2, 0.25) is 0 Å². The van der Waals surface area contributed by atoms with Crippen LogP contribution < -0.4 is 0 Å². The first kappa shape index (κ1) is 19.2. The number of hydrogen-bond acceptors (Lipinski definition) is 3. The number of nitrogens with zero attached hydrogens (tertiary/aromatic N) is 2. The largest absolute Gasteiger partial charge is 0.417 e. The molecule has 2 saturated heterocycles. The van der Waals surface area contributed by atoms with E-state index in [-0.39, 0.29) is 24.0 Å². The molecule has 1 N–H and O–H groups in total. The van der Waals surface area contributed by atoms with Gasteiger partial charge in [-0.3, -0.25) is 4.79 Å². The van der Waals surface area contributed by atoms with Gasteiger partial charge >= 0.3 is 6.18 Å². The van der Waals surface area contributed by atoms with Crippen LogP contribution in [-0.2, 0) is 6.18 Å². The monoisotopic (exact) mass is 370 g/mol.